The molecule has 0 saturated carbocycles. The standard InChI is InChI=1S/C14H25N3O4S2.ClH/c1-5-14(15,6-2)11-16-22(18,19)12-9-7-8-10-13(12)23(20,21)17(3)4;/h7-10,16H,5-6,11,15H2,1-4H3;1H. The Kier molecular flexibility index (Phi) is 8.34. The summed E-state index contributed by atoms with van der Waals surface area (Å²) in [7, 11) is -5.16. The molecule has 1 aromatic carbocycles. The van der Waals surface area contributed by atoms with Crippen LogP contribution in [0.25, 0.3) is 0 Å². The molecule has 0 aliphatic heterocycles. The summed E-state index contributed by atoms with van der Waals surface area (Å²) >= 11 is 0. The van der Waals surface area contributed by atoms with Gasteiger partial charge >= 0.3 is 0 Å². The second kappa shape index (κ2) is 8.59. The van der Waals surface area contributed by atoms with Crippen LogP contribution >= 0.6 is 12.4 Å². The molecule has 3 N–H and O–H groups in total. The van der Waals surface area contributed by atoms with Crippen molar-refractivity contribution in [1.29, 1.82) is 0 Å². The number of sulfonamides is 2. The van der Waals surface area contributed by atoms with Gasteiger partial charge < -0.3 is 5.73 Å². The largest absolute Gasteiger partial charge is 0.324 e. The molecule has 0 amide bonds. The average molecular weight is 400 g/mol. The summed E-state index contributed by atoms with van der Waals surface area (Å²) in [5.41, 5.74) is 5.44. The van der Waals surface area contributed by atoms with E-state index in [1.165, 1.54) is 38.4 Å². The minimum Gasteiger partial charge on any atom is -0.324 e. The lowest BCUT2D eigenvalue weighted by Crippen LogP contribution is -2.49. The van der Waals surface area contributed by atoms with Gasteiger partial charge in [0.1, 0.15) is 9.79 Å². The molecule has 0 radical (unpaired) electrons. The number of hydrogen-bond donors (Lipinski definition) is 2. The summed E-state index contributed by atoms with van der Waals surface area (Å²) in [4.78, 5) is -0.531. The zero-order chi connectivity index (χ0) is 17.9. The lowest BCUT2D eigenvalue weighted by atomic mass is 9.95. The normalized spacial score (nSPS) is 12.9. The van der Waals surface area contributed by atoms with Crippen LogP contribution in [0.2, 0.25) is 0 Å². The van der Waals surface area contributed by atoms with Crippen molar-refractivity contribution in [3.8, 4) is 0 Å². The van der Waals surface area contributed by atoms with Crippen LogP contribution in [0.15, 0.2) is 34.1 Å². The topological polar surface area (TPSA) is 110 Å². The van der Waals surface area contributed by atoms with E-state index in [0.29, 0.717) is 12.8 Å². The van der Waals surface area contributed by atoms with Crippen LogP contribution in [-0.2, 0) is 20.0 Å². The molecule has 1 aromatic rings. The van der Waals surface area contributed by atoms with Gasteiger partial charge in [-0.3, -0.25) is 0 Å². The van der Waals surface area contributed by atoms with Crippen molar-refractivity contribution in [2.24, 2.45) is 5.73 Å². The number of nitrogens with zero attached hydrogens (tertiary/aromatic N) is 1. The van der Waals surface area contributed by atoms with Gasteiger partial charge in [0, 0.05) is 26.2 Å². The Balaban J connectivity index is 0.00000529. The van der Waals surface area contributed by atoms with Crippen LogP contribution in [-0.4, -0.2) is 47.3 Å². The number of halogens is 1. The van der Waals surface area contributed by atoms with Crippen molar-refractivity contribution in [1.82, 2.24) is 9.03 Å². The van der Waals surface area contributed by atoms with Gasteiger partial charge in [0.05, 0.1) is 0 Å². The molecule has 1 rings (SSSR count). The van der Waals surface area contributed by atoms with E-state index in [1.54, 1.807) is 0 Å². The third-order valence-corrected chi connectivity index (χ3v) is 7.38. The third kappa shape index (κ3) is 5.14. The Hall–Kier alpha value is -0.710. The van der Waals surface area contributed by atoms with E-state index in [0.717, 1.165) is 4.31 Å². The first-order chi connectivity index (χ1) is 10.5. The van der Waals surface area contributed by atoms with Crippen LogP contribution in [0.1, 0.15) is 26.7 Å². The van der Waals surface area contributed by atoms with E-state index in [2.05, 4.69) is 4.72 Å². The number of benzene rings is 1. The molecule has 0 aliphatic carbocycles. The minimum absolute atomic E-state index is 0. The first-order valence-corrected chi connectivity index (χ1v) is 10.2. The molecule has 140 valence electrons. The molecule has 0 unspecified atom stereocenters. The predicted octanol–water partition coefficient (Wildman–Crippen LogP) is 1.15. The quantitative estimate of drug-likeness (QED) is 0.681. The second-order valence-electron chi connectivity index (χ2n) is 5.63. The molecule has 0 heterocycles. The first-order valence-electron chi connectivity index (χ1n) is 7.30. The minimum atomic E-state index is -4.00. The monoisotopic (exact) mass is 399 g/mol. The highest BCUT2D eigenvalue weighted by Gasteiger charge is 2.29. The third-order valence-electron chi connectivity index (χ3n) is 3.92. The van der Waals surface area contributed by atoms with Gasteiger partial charge in [-0.15, -0.1) is 12.4 Å². The van der Waals surface area contributed by atoms with E-state index >= 15 is 0 Å². The fourth-order valence-electron chi connectivity index (χ4n) is 1.90. The van der Waals surface area contributed by atoms with Crippen LogP contribution in [0, 0.1) is 0 Å². The van der Waals surface area contributed by atoms with Crippen molar-refractivity contribution >= 4 is 32.5 Å². The highest BCUT2D eigenvalue weighted by Crippen LogP contribution is 2.23. The van der Waals surface area contributed by atoms with Crippen molar-refractivity contribution < 1.29 is 16.8 Å². The van der Waals surface area contributed by atoms with Crippen LogP contribution in [0.4, 0.5) is 0 Å². The highest BCUT2D eigenvalue weighted by atomic mass is 35.5. The molecule has 0 atom stereocenters. The SMILES string of the molecule is CCC(N)(CC)CNS(=O)(=O)c1ccccc1S(=O)(=O)N(C)C.Cl. The summed E-state index contributed by atoms with van der Waals surface area (Å²) < 4.78 is 53.2. The van der Waals surface area contributed by atoms with Gasteiger partial charge in [-0.1, -0.05) is 26.0 Å². The van der Waals surface area contributed by atoms with E-state index in [4.69, 9.17) is 5.73 Å². The van der Waals surface area contributed by atoms with E-state index < -0.39 is 25.6 Å². The smallest absolute Gasteiger partial charge is 0.243 e. The second-order valence-corrected chi connectivity index (χ2v) is 9.48. The van der Waals surface area contributed by atoms with Crippen molar-refractivity contribution in [3.63, 3.8) is 0 Å². The van der Waals surface area contributed by atoms with E-state index in [-0.39, 0.29) is 28.7 Å². The molecule has 0 aromatic heterocycles. The fraction of sp³-hybridized carbons (Fsp3) is 0.571. The maximum absolute atomic E-state index is 12.6. The number of hydrogen-bond acceptors (Lipinski definition) is 5. The molecule has 0 saturated heterocycles. The van der Waals surface area contributed by atoms with E-state index in [9.17, 15) is 16.8 Å². The lowest BCUT2D eigenvalue weighted by molar-refractivity contribution is 0.391. The molecule has 0 spiro atoms. The predicted molar refractivity (Wildman–Crippen MR) is 97.3 cm³/mol. The number of nitrogens with one attached hydrogen (secondary N) is 1. The Labute approximate surface area is 151 Å². The van der Waals surface area contributed by atoms with Crippen LogP contribution in [0.3, 0.4) is 0 Å². The highest BCUT2D eigenvalue weighted by molar-refractivity contribution is 7.92. The van der Waals surface area contributed by atoms with Gasteiger partial charge in [-0.2, -0.15) is 0 Å². The summed E-state index contributed by atoms with van der Waals surface area (Å²) in [5.74, 6) is 0. The summed E-state index contributed by atoms with van der Waals surface area (Å²) in [6.45, 7) is 3.79. The Bertz CT molecular complexity index is 745. The zero-order valence-corrected chi connectivity index (χ0v) is 16.8. The Morgan fingerprint density at radius 2 is 1.50 bits per heavy atom. The van der Waals surface area contributed by atoms with Crippen molar-refractivity contribution in [2.75, 3.05) is 20.6 Å². The van der Waals surface area contributed by atoms with Crippen molar-refractivity contribution in [2.45, 2.75) is 42.0 Å². The van der Waals surface area contributed by atoms with Gasteiger partial charge in [0.25, 0.3) is 0 Å². The fourth-order valence-corrected chi connectivity index (χ4v) is 4.73. The van der Waals surface area contributed by atoms with Gasteiger partial charge in [-0.25, -0.2) is 25.9 Å². The number of nitrogens with two attached hydrogens (primary N) is 1. The molecule has 24 heavy (non-hydrogen) atoms. The molecular weight excluding hydrogens is 374 g/mol. The molecular formula is C14H26ClN3O4S2. The first kappa shape index (κ1) is 23.3. The lowest BCUT2D eigenvalue weighted by Gasteiger charge is -2.27. The Morgan fingerprint density at radius 1 is 1.04 bits per heavy atom. The van der Waals surface area contributed by atoms with Gasteiger partial charge in [0.2, 0.25) is 20.0 Å². The van der Waals surface area contributed by atoms with Gasteiger partial charge in [0.15, 0.2) is 0 Å². The van der Waals surface area contributed by atoms with Crippen molar-refractivity contribution in [3.05, 3.63) is 24.3 Å². The summed E-state index contributed by atoms with van der Waals surface area (Å²) in [5, 5.41) is 0. The molecule has 10 heteroatoms. The van der Waals surface area contributed by atoms with Gasteiger partial charge in [-0.05, 0) is 25.0 Å². The Morgan fingerprint density at radius 3 is 1.92 bits per heavy atom. The van der Waals surface area contributed by atoms with Crippen LogP contribution in [0.5, 0.6) is 0 Å². The molecule has 0 bridgehead atoms. The molecule has 7 nitrogen and oxygen atoms in total. The zero-order valence-electron chi connectivity index (χ0n) is 14.3. The van der Waals surface area contributed by atoms with E-state index in [1.807, 2.05) is 13.8 Å². The summed E-state index contributed by atoms with van der Waals surface area (Å²) in [6.07, 6.45) is 1.20. The maximum atomic E-state index is 12.6. The molecule has 0 aliphatic rings. The summed E-state index contributed by atoms with van der Waals surface area (Å²) in [6, 6.07) is 5.52. The molecule has 0 fully saturated rings. The maximum Gasteiger partial charge on any atom is 0.243 e. The van der Waals surface area contributed by atoms with Crippen LogP contribution < -0.4 is 10.5 Å². The average Bonchev–Trinajstić information content (AvgIpc) is 2.52. The number of rotatable bonds is 8.